The summed E-state index contributed by atoms with van der Waals surface area (Å²) < 4.78 is 6.28. The van der Waals surface area contributed by atoms with Gasteiger partial charge in [-0.3, -0.25) is 0 Å². The Morgan fingerprint density at radius 2 is 0.843 bits per heavy atom. The van der Waals surface area contributed by atoms with Crippen LogP contribution in [0.5, 0.6) is 0 Å². The topological polar surface area (TPSA) is 51.8 Å². The van der Waals surface area contributed by atoms with Gasteiger partial charge in [-0.1, -0.05) is 152 Å². The van der Waals surface area contributed by atoms with Crippen LogP contribution in [0, 0.1) is 0 Å². The van der Waals surface area contributed by atoms with Gasteiger partial charge in [0.15, 0.2) is 17.5 Å². The molecule has 4 heteroatoms. The highest BCUT2D eigenvalue weighted by Crippen LogP contribution is 2.38. The third-order valence-electron chi connectivity index (χ3n) is 9.74. The van der Waals surface area contributed by atoms with E-state index in [0.717, 1.165) is 60.5 Å². The normalized spacial score (nSPS) is 11.5. The van der Waals surface area contributed by atoms with Crippen molar-refractivity contribution < 1.29 is 4.42 Å². The molecule has 10 aromatic rings. The van der Waals surface area contributed by atoms with E-state index in [2.05, 4.69) is 133 Å². The number of hydrogen-bond donors (Lipinski definition) is 0. The lowest BCUT2D eigenvalue weighted by molar-refractivity contribution is 0.669. The first kappa shape index (κ1) is 29.0. The standard InChI is InChI=1S/C47H29N3O/c1-3-12-30(13-4-1)34-26-24-32-22-23-33-25-27-35(29-41(33)40(32)28-34)45-48-46(37-17-8-7-16-36(37)31-14-5-2-6-15-31)50-47(49-45)39-19-11-21-43-44(39)38-18-9-10-20-42(38)51-43/h1-29H. The molecule has 0 aliphatic heterocycles. The molecule has 0 atom stereocenters. The highest BCUT2D eigenvalue weighted by atomic mass is 16.3. The van der Waals surface area contributed by atoms with Crippen molar-refractivity contribution in [3.63, 3.8) is 0 Å². The van der Waals surface area contributed by atoms with Crippen molar-refractivity contribution in [1.82, 2.24) is 15.0 Å². The first-order valence-electron chi connectivity index (χ1n) is 17.1. The maximum absolute atomic E-state index is 6.28. The molecule has 51 heavy (non-hydrogen) atoms. The molecule has 0 unspecified atom stereocenters. The summed E-state index contributed by atoms with van der Waals surface area (Å²) in [6, 6.07) is 61.1. The summed E-state index contributed by atoms with van der Waals surface area (Å²) in [7, 11) is 0. The predicted molar refractivity (Wildman–Crippen MR) is 209 cm³/mol. The molecule has 2 heterocycles. The SMILES string of the molecule is c1ccc(-c2ccc3ccc4ccc(-c5nc(-c6ccccc6-c6ccccc6)nc(-c6cccc7oc8ccccc8c67)n5)cc4c3c2)cc1. The second kappa shape index (κ2) is 11.9. The molecule has 8 aromatic carbocycles. The van der Waals surface area contributed by atoms with Gasteiger partial charge in [0, 0.05) is 27.5 Å². The van der Waals surface area contributed by atoms with Crippen LogP contribution >= 0.6 is 0 Å². The van der Waals surface area contributed by atoms with Crippen molar-refractivity contribution in [3.05, 3.63) is 176 Å². The third kappa shape index (κ3) is 5.04. The Kier molecular flexibility index (Phi) is 6.78. The monoisotopic (exact) mass is 651 g/mol. The molecule has 0 saturated heterocycles. The quantitative estimate of drug-likeness (QED) is 0.174. The Morgan fingerprint density at radius 1 is 0.314 bits per heavy atom. The van der Waals surface area contributed by atoms with Crippen molar-refractivity contribution in [2.24, 2.45) is 0 Å². The van der Waals surface area contributed by atoms with E-state index in [-0.39, 0.29) is 0 Å². The molecular weight excluding hydrogens is 623 g/mol. The number of fused-ring (bicyclic) bond motifs is 6. The fourth-order valence-electron chi connectivity index (χ4n) is 7.25. The Morgan fingerprint density at radius 3 is 1.61 bits per heavy atom. The summed E-state index contributed by atoms with van der Waals surface area (Å²) in [6.07, 6.45) is 0. The van der Waals surface area contributed by atoms with Gasteiger partial charge in [-0.2, -0.15) is 0 Å². The van der Waals surface area contributed by atoms with Crippen molar-refractivity contribution in [2.75, 3.05) is 0 Å². The third-order valence-corrected chi connectivity index (χ3v) is 9.74. The highest BCUT2D eigenvalue weighted by Gasteiger charge is 2.19. The Bertz CT molecular complexity index is 2910. The zero-order valence-corrected chi connectivity index (χ0v) is 27.5. The molecule has 0 N–H and O–H groups in total. The maximum atomic E-state index is 6.28. The zero-order chi connectivity index (χ0) is 33.7. The van der Waals surface area contributed by atoms with Gasteiger partial charge >= 0.3 is 0 Å². The van der Waals surface area contributed by atoms with Crippen LogP contribution < -0.4 is 0 Å². The molecule has 0 saturated carbocycles. The van der Waals surface area contributed by atoms with Crippen LogP contribution in [-0.2, 0) is 0 Å². The Labute approximate surface area is 294 Å². The highest BCUT2D eigenvalue weighted by molar-refractivity contribution is 6.12. The molecular formula is C47H29N3O. The van der Waals surface area contributed by atoms with Gasteiger partial charge in [0.05, 0.1) is 0 Å². The van der Waals surface area contributed by atoms with E-state index in [4.69, 9.17) is 19.4 Å². The summed E-state index contributed by atoms with van der Waals surface area (Å²) in [5, 5.41) is 6.71. The molecule has 0 aliphatic carbocycles. The molecule has 2 aromatic heterocycles. The van der Waals surface area contributed by atoms with E-state index in [1.807, 2.05) is 42.5 Å². The smallest absolute Gasteiger partial charge is 0.164 e. The van der Waals surface area contributed by atoms with E-state index >= 15 is 0 Å². The molecule has 0 radical (unpaired) electrons. The van der Waals surface area contributed by atoms with Crippen LogP contribution in [0.1, 0.15) is 0 Å². The minimum Gasteiger partial charge on any atom is -0.456 e. The largest absolute Gasteiger partial charge is 0.456 e. The predicted octanol–water partition coefficient (Wildman–Crippen LogP) is 12.4. The van der Waals surface area contributed by atoms with E-state index < -0.39 is 0 Å². The summed E-state index contributed by atoms with van der Waals surface area (Å²) in [5.74, 6) is 1.82. The zero-order valence-electron chi connectivity index (χ0n) is 27.5. The van der Waals surface area contributed by atoms with Gasteiger partial charge in [0.1, 0.15) is 11.2 Å². The molecule has 238 valence electrons. The van der Waals surface area contributed by atoms with E-state index in [1.165, 1.54) is 21.9 Å². The lowest BCUT2D eigenvalue weighted by Crippen LogP contribution is -2.01. The summed E-state index contributed by atoms with van der Waals surface area (Å²) in [4.78, 5) is 15.7. The van der Waals surface area contributed by atoms with Crippen LogP contribution in [0.3, 0.4) is 0 Å². The molecule has 10 rings (SSSR count). The second-order valence-corrected chi connectivity index (χ2v) is 12.8. The Balaban J connectivity index is 1.23. The van der Waals surface area contributed by atoms with E-state index in [9.17, 15) is 0 Å². The molecule has 4 nitrogen and oxygen atoms in total. The summed E-state index contributed by atoms with van der Waals surface area (Å²) in [6.45, 7) is 0. The van der Waals surface area contributed by atoms with Crippen LogP contribution in [0.4, 0.5) is 0 Å². The maximum Gasteiger partial charge on any atom is 0.164 e. The van der Waals surface area contributed by atoms with Gasteiger partial charge in [-0.15, -0.1) is 0 Å². The van der Waals surface area contributed by atoms with E-state index in [1.54, 1.807) is 0 Å². The first-order chi connectivity index (χ1) is 25.3. The van der Waals surface area contributed by atoms with Gasteiger partial charge in [-0.25, -0.2) is 15.0 Å². The molecule has 0 spiro atoms. The average molecular weight is 652 g/mol. The number of aromatic nitrogens is 3. The second-order valence-electron chi connectivity index (χ2n) is 12.8. The Hall–Kier alpha value is -6.91. The van der Waals surface area contributed by atoms with Crippen molar-refractivity contribution >= 4 is 43.5 Å². The van der Waals surface area contributed by atoms with Crippen molar-refractivity contribution in [3.8, 4) is 56.4 Å². The minimum absolute atomic E-state index is 0.597. The van der Waals surface area contributed by atoms with Crippen molar-refractivity contribution in [2.45, 2.75) is 0 Å². The number of nitrogens with zero attached hydrogens (tertiary/aromatic N) is 3. The van der Waals surface area contributed by atoms with Crippen LogP contribution in [0.15, 0.2) is 180 Å². The molecule has 0 fully saturated rings. The first-order valence-corrected chi connectivity index (χ1v) is 17.1. The average Bonchev–Trinajstić information content (AvgIpc) is 3.60. The fourth-order valence-corrected chi connectivity index (χ4v) is 7.25. The van der Waals surface area contributed by atoms with Gasteiger partial charge in [0.25, 0.3) is 0 Å². The van der Waals surface area contributed by atoms with Gasteiger partial charge < -0.3 is 4.42 Å². The number of hydrogen-bond acceptors (Lipinski definition) is 4. The number of benzene rings is 8. The number of rotatable bonds is 5. The van der Waals surface area contributed by atoms with Crippen LogP contribution in [0.25, 0.3) is 99.9 Å². The molecule has 0 amide bonds. The van der Waals surface area contributed by atoms with Gasteiger partial charge in [0.2, 0.25) is 0 Å². The molecule has 0 aliphatic rings. The van der Waals surface area contributed by atoms with Gasteiger partial charge in [-0.05, 0) is 68.1 Å². The molecule has 0 bridgehead atoms. The summed E-state index contributed by atoms with van der Waals surface area (Å²) in [5.41, 5.74) is 8.94. The van der Waals surface area contributed by atoms with Crippen molar-refractivity contribution in [1.29, 1.82) is 0 Å². The van der Waals surface area contributed by atoms with Crippen LogP contribution in [-0.4, -0.2) is 15.0 Å². The number of para-hydroxylation sites is 1. The lowest BCUT2D eigenvalue weighted by Gasteiger charge is -2.13. The van der Waals surface area contributed by atoms with Crippen LogP contribution in [0.2, 0.25) is 0 Å². The van der Waals surface area contributed by atoms with E-state index in [0.29, 0.717) is 17.5 Å². The lowest BCUT2D eigenvalue weighted by atomic mass is 9.96. The fraction of sp³-hybridized carbons (Fsp3) is 0. The minimum atomic E-state index is 0.597. The summed E-state index contributed by atoms with van der Waals surface area (Å²) >= 11 is 0. The number of furan rings is 1.